The predicted molar refractivity (Wildman–Crippen MR) is 61.8 cm³/mol. The molecule has 21 heavy (non-hydrogen) atoms. The van der Waals surface area contributed by atoms with E-state index in [-0.39, 0.29) is 40.2 Å². The smallest absolute Gasteiger partial charge is 0.747 e. The van der Waals surface area contributed by atoms with Crippen LogP contribution in [0.3, 0.4) is 0 Å². The molecular formula is C11H8NNaO7S. The third-order valence-corrected chi connectivity index (χ3v) is 3.66. The minimum atomic E-state index is -4.97. The maximum absolute atomic E-state index is 11.7. The third-order valence-electron chi connectivity index (χ3n) is 2.59. The summed E-state index contributed by atoms with van der Waals surface area (Å²) >= 11 is 0. The van der Waals surface area contributed by atoms with Gasteiger partial charge in [0.05, 0.1) is 12.0 Å². The Morgan fingerprint density at radius 2 is 1.81 bits per heavy atom. The first-order valence-electron chi connectivity index (χ1n) is 5.39. The molecule has 1 heterocycles. The van der Waals surface area contributed by atoms with Gasteiger partial charge in [-0.3, -0.25) is 9.59 Å². The molecule has 106 valence electrons. The van der Waals surface area contributed by atoms with Crippen LogP contribution in [-0.4, -0.2) is 41.1 Å². The summed E-state index contributed by atoms with van der Waals surface area (Å²) in [6.45, 7) is 0. The maximum atomic E-state index is 11.7. The molecule has 10 heteroatoms. The number of imide groups is 1. The van der Waals surface area contributed by atoms with Crippen LogP contribution in [0.25, 0.3) is 0 Å². The molecule has 1 aromatic carbocycles. The minimum Gasteiger partial charge on any atom is -0.747 e. The Morgan fingerprint density at radius 3 is 2.29 bits per heavy atom. The normalized spacial score (nSPS) is 18.3. The SMILES string of the molecule is O=C(ON1C(=O)CC(S(=O)(=O)[O-])C1=O)c1ccccc1.[Na+]. The summed E-state index contributed by atoms with van der Waals surface area (Å²) in [6.07, 6.45) is -0.827. The van der Waals surface area contributed by atoms with Gasteiger partial charge in [-0.25, -0.2) is 13.2 Å². The van der Waals surface area contributed by atoms with Gasteiger partial charge in [-0.05, 0) is 12.1 Å². The van der Waals surface area contributed by atoms with Gasteiger partial charge in [0.2, 0.25) is 0 Å². The third kappa shape index (κ3) is 3.89. The molecule has 2 rings (SSSR count). The van der Waals surface area contributed by atoms with Gasteiger partial charge in [0.25, 0.3) is 11.8 Å². The van der Waals surface area contributed by atoms with Crippen LogP contribution in [0.4, 0.5) is 0 Å². The standard InChI is InChI=1S/C11H9NO7S.Na/c13-9-6-8(20(16,17)18)10(14)12(9)19-11(15)7-4-2-1-3-5-7;/h1-5,8H,6H2,(H,16,17,18);/q;+1/p-1. The summed E-state index contributed by atoms with van der Waals surface area (Å²) in [4.78, 5) is 39.2. The van der Waals surface area contributed by atoms with E-state index < -0.39 is 39.6 Å². The van der Waals surface area contributed by atoms with E-state index in [4.69, 9.17) is 0 Å². The Hall–Kier alpha value is -1.26. The number of hydrogen-bond donors (Lipinski definition) is 0. The Labute approximate surface area is 142 Å². The second-order valence-electron chi connectivity index (χ2n) is 3.96. The van der Waals surface area contributed by atoms with E-state index in [0.717, 1.165) is 0 Å². The van der Waals surface area contributed by atoms with Crippen LogP contribution in [0.2, 0.25) is 0 Å². The Morgan fingerprint density at radius 1 is 1.24 bits per heavy atom. The molecule has 2 amide bonds. The van der Waals surface area contributed by atoms with Gasteiger partial charge in [-0.1, -0.05) is 18.2 Å². The van der Waals surface area contributed by atoms with Crippen molar-refractivity contribution in [3.8, 4) is 0 Å². The first-order valence-corrected chi connectivity index (χ1v) is 6.86. The molecule has 1 aliphatic rings. The molecule has 8 nitrogen and oxygen atoms in total. The van der Waals surface area contributed by atoms with Crippen molar-refractivity contribution in [2.75, 3.05) is 0 Å². The fourth-order valence-corrected chi connectivity index (χ4v) is 2.30. The van der Waals surface area contributed by atoms with Crippen molar-refractivity contribution in [1.82, 2.24) is 5.06 Å². The van der Waals surface area contributed by atoms with Crippen molar-refractivity contribution in [2.24, 2.45) is 0 Å². The summed E-state index contributed by atoms with van der Waals surface area (Å²) < 4.78 is 32.4. The van der Waals surface area contributed by atoms with Gasteiger partial charge in [-0.15, -0.1) is 5.06 Å². The van der Waals surface area contributed by atoms with E-state index in [0.29, 0.717) is 0 Å². The average Bonchev–Trinajstić information content (AvgIpc) is 2.67. The number of hydroxylamine groups is 2. The van der Waals surface area contributed by atoms with Crippen LogP contribution in [0.5, 0.6) is 0 Å². The van der Waals surface area contributed by atoms with Crippen LogP contribution >= 0.6 is 0 Å². The van der Waals surface area contributed by atoms with Crippen molar-refractivity contribution in [1.29, 1.82) is 0 Å². The van der Waals surface area contributed by atoms with E-state index in [9.17, 15) is 27.4 Å². The molecule has 0 bridgehead atoms. The average molecular weight is 321 g/mol. The largest absolute Gasteiger partial charge is 1.00 e. The number of nitrogens with zero attached hydrogens (tertiary/aromatic N) is 1. The van der Waals surface area contributed by atoms with Crippen molar-refractivity contribution in [2.45, 2.75) is 11.7 Å². The Balaban J connectivity index is 0.00000220. The maximum Gasteiger partial charge on any atom is 1.00 e. The molecule has 1 unspecified atom stereocenters. The van der Waals surface area contributed by atoms with Crippen LogP contribution in [0.15, 0.2) is 30.3 Å². The number of benzene rings is 1. The fraction of sp³-hybridized carbons (Fsp3) is 0.182. The Kier molecular flexibility index (Phi) is 5.65. The minimum absolute atomic E-state index is 0. The molecule has 0 spiro atoms. The van der Waals surface area contributed by atoms with Crippen molar-refractivity contribution >= 4 is 27.9 Å². The summed E-state index contributed by atoms with van der Waals surface area (Å²) in [6, 6.07) is 7.48. The monoisotopic (exact) mass is 321 g/mol. The number of hydrogen-bond acceptors (Lipinski definition) is 7. The summed E-state index contributed by atoms with van der Waals surface area (Å²) in [5, 5.41) is -2.02. The zero-order chi connectivity index (χ0) is 14.9. The topological polar surface area (TPSA) is 121 Å². The van der Waals surface area contributed by atoms with Crippen LogP contribution < -0.4 is 29.6 Å². The number of amides is 2. The van der Waals surface area contributed by atoms with E-state index in [1.165, 1.54) is 24.3 Å². The Bertz CT molecular complexity index is 673. The second-order valence-corrected chi connectivity index (χ2v) is 5.51. The quantitative estimate of drug-likeness (QED) is 0.321. The molecule has 1 saturated heterocycles. The van der Waals surface area contributed by atoms with Crippen LogP contribution in [-0.2, 0) is 24.5 Å². The number of carbonyl (C=O) groups excluding carboxylic acids is 3. The van der Waals surface area contributed by atoms with Gasteiger partial charge < -0.3 is 9.39 Å². The zero-order valence-electron chi connectivity index (χ0n) is 10.9. The van der Waals surface area contributed by atoms with Crippen molar-refractivity contribution < 1.29 is 61.7 Å². The molecule has 1 aromatic rings. The first kappa shape index (κ1) is 17.8. The molecule has 0 aliphatic carbocycles. The second kappa shape index (κ2) is 6.67. The first-order chi connectivity index (χ1) is 9.30. The number of carbonyl (C=O) groups is 3. The predicted octanol–water partition coefficient (Wildman–Crippen LogP) is -3.56. The van der Waals surface area contributed by atoms with E-state index in [1.807, 2.05) is 0 Å². The molecule has 0 aromatic heterocycles. The molecule has 0 saturated carbocycles. The van der Waals surface area contributed by atoms with Crippen molar-refractivity contribution in [3.05, 3.63) is 35.9 Å². The summed E-state index contributed by atoms with van der Waals surface area (Å²) in [7, 11) is -4.97. The molecule has 1 aliphatic heterocycles. The fourth-order valence-electron chi connectivity index (χ4n) is 1.61. The van der Waals surface area contributed by atoms with Gasteiger partial charge in [0.1, 0.15) is 15.4 Å². The van der Waals surface area contributed by atoms with Gasteiger partial charge in [-0.2, -0.15) is 0 Å². The van der Waals surface area contributed by atoms with Crippen molar-refractivity contribution in [3.63, 3.8) is 0 Å². The van der Waals surface area contributed by atoms with Gasteiger partial charge in [0, 0.05) is 0 Å². The molecule has 0 radical (unpaired) electrons. The molecule has 1 atom stereocenters. The van der Waals surface area contributed by atoms with E-state index >= 15 is 0 Å². The molecule has 0 N–H and O–H groups in total. The zero-order valence-corrected chi connectivity index (χ0v) is 13.7. The summed E-state index contributed by atoms with van der Waals surface area (Å²) in [5.41, 5.74) is 0.0709. The van der Waals surface area contributed by atoms with E-state index in [2.05, 4.69) is 4.84 Å². The molecule has 1 fully saturated rings. The summed E-state index contributed by atoms with van der Waals surface area (Å²) in [5.74, 6) is -3.41. The van der Waals surface area contributed by atoms with Gasteiger partial charge in [0.15, 0.2) is 0 Å². The van der Waals surface area contributed by atoms with E-state index in [1.54, 1.807) is 6.07 Å². The number of rotatable bonds is 3. The van der Waals surface area contributed by atoms with Crippen LogP contribution in [0, 0.1) is 0 Å². The molecular weight excluding hydrogens is 313 g/mol. The van der Waals surface area contributed by atoms with Gasteiger partial charge >= 0.3 is 35.5 Å². The van der Waals surface area contributed by atoms with Crippen LogP contribution in [0.1, 0.15) is 16.8 Å².